The van der Waals surface area contributed by atoms with Crippen LogP contribution in [0.15, 0.2) is 54.3 Å². The molecule has 0 atom stereocenters. The molecule has 0 saturated carbocycles. The first-order chi connectivity index (χ1) is 8.02. The zero-order chi connectivity index (χ0) is 12.4. The maximum atomic E-state index is 4.56. The van der Waals surface area contributed by atoms with Crippen LogP contribution in [-0.2, 0) is 0 Å². The number of rotatable bonds is 2. The van der Waals surface area contributed by atoms with E-state index in [1.165, 1.54) is 0 Å². The van der Waals surface area contributed by atoms with Gasteiger partial charge in [0.25, 0.3) is 0 Å². The van der Waals surface area contributed by atoms with E-state index in [1.807, 2.05) is 36.4 Å². The molecule has 2 aromatic carbocycles. The Balaban J connectivity index is 2.31. The molecule has 87 valence electrons. The lowest BCUT2D eigenvalue weighted by Gasteiger charge is -2.06. The third kappa shape index (κ3) is 4.09. The summed E-state index contributed by atoms with van der Waals surface area (Å²) in [5.74, 6) is 0. The van der Waals surface area contributed by atoms with E-state index in [9.17, 15) is 0 Å². The summed E-state index contributed by atoms with van der Waals surface area (Å²) in [4.78, 5) is 0. The van der Waals surface area contributed by atoms with E-state index in [4.69, 9.17) is 0 Å². The molecule has 0 heterocycles. The molecule has 0 aromatic heterocycles. The number of hydrogen-bond acceptors (Lipinski definition) is 0. The van der Waals surface area contributed by atoms with Gasteiger partial charge in [0.2, 0.25) is 0 Å². The Morgan fingerprint density at radius 3 is 1.12 bits per heavy atom. The van der Waals surface area contributed by atoms with Crippen LogP contribution >= 0.6 is 63.7 Å². The predicted molar refractivity (Wildman–Crippen MR) is 85.1 cm³/mol. The second-order valence-electron chi connectivity index (χ2n) is 3.37. The molecule has 1 radical (unpaired) electrons. The zero-order valence-electron chi connectivity index (χ0n) is 8.42. The van der Waals surface area contributed by atoms with Gasteiger partial charge in [0, 0.05) is 17.9 Å². The largest absolute Gasteiger partial charge is 0.249 e. The van der Waals surface area contributed by atoms with Gasteiger partial charge in [-0.15, -0.1) is 0 Å². The van der Waals surface area contributed by atoms with Crippen LogP contribution in [0.4, 0.5) is 11.4 Å². The number of halogens is 4. The molecule has 1 nitrogen and oxygen atoms in total. The lowest BCUT2D eigenvalue weighted by atomic mass is 10.3. The molecule has 0 aliphatic rings. The summed E-state index contributed by atoms with van der Waals surface area (Å²) in [5, 5.41) is 4.56. The molecule has 0 fully saturated rings. The van der Waals surface area contributed by atoms with Crippen LogP contribution in [0.5, 0.6) is 0 Å². The summed E-state index contributed by atoms with van der Waals surface area (Å²) in [6.45, 7) is 0. The molecule has 2 aromatic rings. The van der Waals surface area contributed by atoms with Crippen LogP contribution in [-0.4, -0.2) is 0 Å². The minimum absolute atomic E-state index is 0.899. The molecular formula is C12H6Br4N. The van der Waals surface area contributed by atoms with Crippen molar-refractivity contribution in [1.29, 1.82) is 0 Å². The second-order valence-corrected chi connectivity index (χ2v) is 7.03. The second kappa shape index (κ2) is 5.87. The smallest absolute Gasteiger partial charge is 0.0659 e. The normalized spacial score (nSPS) is 10.4. The van der Waals surface area contributed by atoms with Crippen molar-refractivity contribution in [3.63, 3.8) is 0 Å². The van der Waals surface area contributed by atoms with Crippen LogP contribution in [0.2, 0.25) is 0 Å². The fraction of sp³-hybridized carbons (Fsp3) is 0. The SMILES string of the molecule is Brc1cc(Br)cc([N]c2cc(Br)cc(Br)c2)c1. The van der Waals surface area contributed by atoms with E-state index in [0.717, 1.165) is 29.3 Å². The molecule has 0 unspecified atom stereocenters. The first-order valence-corrected chi connectivity index (χ1v) is 7.84. The van der Waals surface area contributed by atoms with Gasteiger partial charge in [-0.3, -0.25) is 0 Å². The van der Waals surface area contributed by atoms with Crippen molar-refractivity contribution in [1.82, 2.24) is 5.32 Å². The van der Waals surface area contributed by atoms with Crippen LogP contribution in [0.1, 0.15) is 0 Å². The topological polar surface area (TPSA) is 14.1 Å². The van der Waals surface area contributed by atoms with Gasteiger partial charge >= 0.3 is 0 Å². The quantitative estimate of drug-likeness (QED) is 0.476. The highest BCUT2D eigenvalue weighted by Gasteiger charge is 2.02. The minimum Gasteiger partial charge on any atom is -0.249 e. The van der Waals surface area contributed by atoms with Gasteiger partial charge in [-0.1, -0.05) is 63.7 Å². The molecule has 0 bridgehead atoms. The molecule has 0 amide bonds. The summed E-state index contributed by atoms with van der Waals surface area (Å²) < 4.78 is 4.00. The van der Waals surface area contributed by atoms with Crippen molar-refractivity contribution >= 4 is 75.1 Å². The molecule has 2 rings (SSSR count). The average molecular weight is 484 g/mol. The molecule has 0 spiro atoms. The van der Waals surface area contributed by atoms with Crippen molar-refractivity contribution in [3.05, 3.63) is 54.3 Å². The minimum atomic E-state index is 0.899. The standard InChI is InChI=1S/C12H6Br4N/c13-7-1-8(14)4-11(3-7)17-12-5-9(15)2-10(16)6-12/h1-6H. The van der Waals surface area contributed by atoms with Crippen molar-refractivity contribution in [2.75, 3.05) is 0 Å². The average Bonchev–Trinajstić information content (AvgIpc) is 2.13. The van der Waals surface area contributed by atoms with Crippen molar-refractivity contribution in [2.24, 2.45) is 0 Å². The Kier molecular flexibility index (Phi) is 4.69. The van der Waals surface area contributed by atoms with Gasteiger partial charge in [0.15, 0.2) is 0 Å². The number of nitrogens with zero attached hydrogens (tertiary/aromatic N) is 1. The summed E-state index contributed by atoms with van der Waals surface area (Å²) in [5.41, 5.74) is 1.80. The summed E-state index contributed by atoms with van der Waals surface area (Å²) >= 11 is 13.8. The number of benzene rings is 2. The lowest BCUT2D eigenvalue weighted by Crippen LogP contribution is -1.89. The third-order valence-corrected chi connectivity index (χ3v) is 3.78. The Hall–Kier alpha value is 0.160. The van der Waals surface area contributed by atoms with E-state index in [-0.39, 0.29) is 0 Å². The van der Waals surface area contributed by atoms with Crippen molar-refractivity contribution in [3.8, 4) is 0 Å². The van der Waals surface area contributed by atoms with Gasteiger partial charge < -0.3 is 0 Å². The monoisotopic (exact) mass is 480 g/mol. The molecule has 0 N–H and O–H groups in total. The van der Waals surface area contributed by atoms with E-state index in [2.05, 4.69) is 69.0 Å². The van der Waals surface area contributed by atoms with Crippen molar-refractivity contribution in [2.45, 2.75) is 0 Å². The molecule has 17 heavy (non-hydrogen) atoms. The highest BCUT2D eigenvalue weighted by molar-refractivity contribution is 9.11. The Labute approximate surface area is 134 Å². The van der Waals surface area contributed by atoms with Crippen LogP contribution < -0.4 is 5.32 Å². The van der Waals surface area contributed by atoms with Crippen LogP contribution in [0.3, 0.4) is 0 Å². The number of hydrogen-bond donors (Lipinski definition) is 0. The Morgan fingerprint density at radius 2 is 0.824 bits per heavy atom. The Morgan fingerprint density at radius 1 is 0.529 bits per heavy atom. The van der Waals surface area contributed by atoms with Gasteiger partial charge in [-0.25, -0.2) is 5.32 Å². The maximum absolute atomic E-state index is 4.56. The summed E-state index contributed by atoms with van der Waals surface area (Å²) in [6.07, 6.45) is 0. The van der Waals surface area contributed by atoms with E-state index >= 15 is 0 Å². The molecule has 0 aliphatic carbocycles. The first-order valence-electron chi connectivity index (χ1n) is 4.67. The Bertz CT molecular complexity index is 464. The van der Waals surface area contributed by atoms with E-state index in [0.29, 0.717) is 0 Å². The van der Waals surface area contributed by atoms with Crippen molar-refractivity contribution < 1.29 is 0 Å². The van der Waals surface area contributed by atoms with Crippen LogP contribution in [0.25, 0.3) is 0 Å². The summed E-state index contributed by atoms with van der Waals surface area (Å²) in [7, 11) is 0. The highest BCUT2D eigenvalue weighted by Crippen LogP contribution is 2.29. The maximum Gasteiger partial charge on any atom is 0.0659 e. The van der Waals surface area contributed by atoms with E-state index in [1.54, 1.807) is 0 Å². The molecule has 0 aliphatic heterocycles. The predicted octanol–water partition coefficient (Wildman–Crippen LogP) is 6.30. The first kappa shape index (κ1) is 13.6. The van der Waals surface area contributed by atoms with Crippen LogP contribution in [0, 0.1) is 0 Å². The van der Waals surface area contributed by atoms with Gasteiger partial charge in [0.05, 0.1) is 11.4 Å². The molecule has 5 heteroatoms. The summed E-state index contributed by atoms with van der Waals surface area (Å²) in [6, 6.07) is 11.9. The zero-order valence-corrected chi connectivity index (χ0v) is 14.8. The lowest BCUT2D eigenvalue weighted by molar-refractivity contribution is 1.18. The molecule has 0 saturated heterocycles. The van der Waals surface area contributed by atoms with Gasteiger partial charge in [0.1, 0.15) is 0 Å². The fourth-order valence-corrected chi connectivity index (χ4v) is 3.90. The fourth-order valence-electron chi connectivity index (χ4n) is 1.36. The highest BCUT2D eigenvalue weighted by atomic mass is 79.9. The van der Waals surface area contributed by atoms with E-state index < -0.39 is 0 Å². The third-order valence-electron chi connectivity index (χ3n) is 1.95. The molecular weight excluding hydrogens is 478 g/mol. The van der Waals surface area contributed by atoms with Gasteiger partial charge in [-0.2, -0.15) is 0 Å². The van der Waals surface area contributed by atoms with Gasteiger partial charge in [-0.05, 0) is 36.4 Å².